The molecule has 2 heteroatoms. The van der Waals surface area contributed by atoms with Crippen LogP contribution >= 0.6 is 0 Å². The van der Waals surface area contributed by atoms with Crippen molar-refractivity contribution in [1.82, 2.24) is 9.88 Å². The van der Waals surface area contributed by atoms with Crippen molar-refractivity contribution in [3.8, 4) is 0 Å². The maximum atomic E-state index is 4.67. The monoisotopic (exact) mass is 294 g/mol. The Bertz CT molecular complexity index is 513. The van der Waals surface area contributed by atoms with Crippen molar-refractivity contribution in [2.24, 2.45) is 5.92 Å². The normalized spacial score (nSPS) is 20.1. The Balaban J connectivity index is 1.81. The van der Waals surface area contributed by atoms with Gasteiger partial charge in [-0.25, -0.2) is 0 Å². The van der Waals surface area contributed by atoms with Gasteiger partial charge in [-0.3, -0.25) is 4.98 Å². The Hall–Kier alpha value is -1.67. The summed E-state index contributed by atoms with van der Waals surface area (Å²) in [5, 5.41) is 0. The zero-order chi connectivity index (χ0) is 15.2. The van der Waals surface area contributed by atoms with Crippen LogP contribution in [0.2, 0.25) is 0 Å². The molecule has 3 rings (SSSR count). The lowest BCUT2D eigenvalue weighted by atomic mass is 9.82. The Morgan fingerprint density at radius 3 is 2.68 bits per heavy atom. The van der Waals surface area contributed by atoms with Gasteiger partial charge in [-0.2, -0.15) is 0 Å². The third-order valence-electron chi connectivity index (χ3n) is 4.77. The van der Waals surface area contributed by atoms with E-state index in [2.05, 4.69) is 59.3 Å². The van der Waals surface area contributed by atoms with Gasteiger partial charge in [-0.15, -0.1) is 0 Å². The van der Waals surface area contributed by atoms with Gasteiger partial charge in [-0.1, -0.05) is 49.7 Å². The third-order valence-corrected chi connectivity index (χ3v) is 4.77. The molecule has 116 valence electrons. The van der Waals surface area contributed by atoms with Gasteiger partial charge in [0.05, 0.1) is 0 Å². The highest BCUT2D eigenvalue weighted by molar-refractivity contribution is 5.29. The molecular weight excluding hydrogens is 268 g/mol. The number of benzene rings is 1. The van der Waals surface area contributed by atoms with Gasteiger partial charge < -0.3 is 4.90 Å². The van der Waals surface area contributed by atoms with Gasteiger partial charge in [0, 0.05) is 24.4 Å². The van der Waals surface area contributed by atoms with E-state index in [0.717, 1.165) is 0 Å². The molecule has 0 bridgehead atoms. The van der Waals surface area contributed by atoms with Crippen LogP contribution in [0.15, 0.2) is 54.7 Å². The molecule has 0 amide bonds. The zero-order valence-corrected chi connectivity index (χ0v) is 13.5. The van der Waals surface area contributed by atoms with Crippen LogP contribution in [-0.2, 0) is 0 Å². The van der Waals surface area contributed by atoms with Crippen molar-refractivity contribution in [3.05, 3.63) is 66.0 Å². The molecule has 0 spiro atoms. The number of unbranched alkanes of at least 4 members (excludes halogenated alkanes) is 1. The molecule has 1 aliphatic rings. The number of hydrogen-bond acceptors (Lipinski definition) is 2. The second kappa shape index (κ2) is 7.55. The summed E-state index contributed by atoms with van der Waals surface area (Å²) in [5.74, 6) is 1.10. The second-order valence-electron chi connectivity index (χ2n) is 6.35. The molecule has 22 heavy (non-hydrogen) atoms. The number of hydrogen-bond donors (Lipinski definition) is 0. The molecule has 2 nitrogen and oxygen atoms in total. The lowest BCUT2D eigenvalue weighted by Gasteiger charge is -2.24. The molecule has 2 heterocycles. The van der Waals surface area contributed by atoms with Gasteiger partial charge in [0.25, 0.3) is 0 Å². The van der Waals surface area contributed by atoms with E-state index in [0.29, 0.717) is 11.8 Å². The fourth-order valence-electron chi connectivity index (χ4n) is 3.62. The van der Waals surface area contributed by atoms with E-state index in [9.17, 15) is 0 Å². The lowest BCUT2D eigenvalue weighted by molar-refractivity contribution is 0.312. The summed E-state index contributed by atoms with van der Waals surface area (Å²) in [6, 6.07) is 17.2. The molecule has 1 aromatic heterocycles. The average Bonchev–Trinajstić information content (AvgIpc) is 3.04. The van der Waals surface area contributed by atoms with Crippen LogP contribution in [-0.4, -0.2) is 29.5 Å². The maximum absolute atomic E-state index is 4.67. The predicted octanol–water partition coefficient (Wildman–Crippen LogP) is 4.34. The van der Waals surface area contributed by atoms with Crippen LogP contribution in [0.3, 0.4) is 0 Å². The minimum Gasteiger partial charge on any atom is -0.303 e. The van der Waals surface area contributed by atoms with Crippen molar-refractivity contribution in [2.75, 3.05) is 19.6 Å². The number of nitrogens with zero attached hydrogens (tertiary/aromatic N) is 2. The SMILES string of the molecule is CCCCN1CCC(C(c2ccccc2)c2ccccn2)C1. The first-order chi connectivity index (χ1) is 10.9. The molecule has 2 unspecified atom stereocenters. The van der Waals surface area contributed by atoms with Gasteiger partial charge in [0.15, 0.2) is 0 Å². The molecule has 1 saturated heterocycles. The molecule has 2 atom stereocenters. The number of likely N-dealkylation sites (tertiary alicyclic amines) is 1. The van der Waals surface area contributed by atoms with E-state index >= 15 is 0 Å². The fourth-order valence-corrected chi connectivity index (χ4v) is 3.62. The van der Waals surface area contributed by atoms with Crippen molar-refractivity contribution in [2.45, 2.75) is 32.1 Å². The van der Waals surface area contributed by atoms with E-state index in [-0.39, 0.29) is 0 Å². The van der Waals surface area contributed by atoms with Gasteiger partial charge >= 0.3 is 0 Å². The Labute approximate surface area is 134 Å². The second-order valence-corrected chi connectivity index (χ2v) is 6.35. The van der Waals surface area contributed by atoms with E-state index in [1.807, 2.05) is 12.3 Å². The topological polar surface area (TPSA) is 16.1 Å². The Morgan fingerprint density at radius 1 is 1.14 bits per heavy atom. The van der Waals surface area contributed by atoms with Crippen LogP contribution in [0.5, 0.6) is 0 Å². The highest BCUT2D eigenvalue weighted by atomic mass is 15.1. The first kappa shape index (κ1) is 15.2. The highest BCUT2D eigenvalue weighted by Crippen LogP contribution is 2.36. The Kier molecular flexibility index (Phi) is 5.23. The molecule has 0 saturated carbocycles. The summed E-state index contributed by atoms with van der Waals surface area (Å²) < 4.78 is 0. The van der Waals surface area contributed by atoms with Crippen LogP contribution in [0, 0.1) is 5.92 Å². The molecule has 2 aromatic rings. The standard InChI is InChI=1S/C20H26N2/c1-2-3-14-22-15-12-18(16-22)20(17-9-5-4-6-10-17)19-11-7-8-13-21-19/h4-11,13,18,20H,2-3,12,14-16H2,1H3. The number of pyridine rings is 1. The fraction of sp³-hybridized carbons (Fsp3) is 0.450. The van der Waals surface area contributed by atoms with Crippen LogP contribution in [0.4, 0.5) is 0 Å². The largest absolute Gasteiger partial charge is 0.303 e. The minimum atomic E-state index is 0.425. The van der Waals surface area contributed by atoms with E-state index in [4.69, 9.17) is 0 Å². The van der Waals surface area contributed by atoms with E-state index < -0.39 is 0 Å². The van der Waals surface area contributed by atoms with Crippen LogP contribution in [0.25, 0.3) is 0 Å². The average molecular weight is 294 g/mol. The molecule has 1 aromatic carbocycles. The minimum absolute atomic E-state index is 0.425. The van der Waals surface area contributed by atoms with E-state index in [1.54, 1.807) is 0 Å². The first-order valence-corrected chi connectivity index (χ1v) is 8.56. The number of rotatable bonds is 6. The lowest BCUT2D eigenvalue weighted by Crippen LogP contribution is -2.24. The molecule has 0 radical (unpaired) electrons. The van der Waals surface area contributed by atoms with Gasteiger partial charge in [0.2, 0.25) is 0 Å². The molecule has 1 aliphatic heterocycles. The summed E-state index contributed by atoms with van der Waals surface area (Å²) in [7, 11) is 0. The summed E-state index contributed by atoms with van der Waals surface area (Å²) in [6.45, 7) is 5.96. The van der Waals surface area contributed by atoms with Crippen molar-refractivity contribution < 1.29 is 0 Å². The van der Waals surface area contributed by atoms with Gasteiger partial charge in [-0.05, 0) is 49.5 Å². The Morgan fingerprint density at radius 2 is 1.95 bits per heavy atom. The summed E-state index contributed by atoms with van der Waals surface area (Å²) >= 11 is 0. The first-order valence-electron chi connectivity index (χ1n) is 8.56. The molecule has 0 N–H and O–H groups in total. The maximum Gasteiger partial charge on any atom is 0.0481 e. The zero-order valence-electron chi connectivity index (χ0n) is 13.5. The van der Waals surface area contributed by atoms with Crippen LogP contribution in [0.1, 0.15) is 43.4 Å². The highest BCUT2D eigenvalue weighted by Gasteiger charge is 2.31. The van der Waals surface area contributed by atoms with Crippen LogP contribution < -0.4 is 0 Å². The summed E-state index contributed by atoms with van der Waals surface area (Å²) in [5.41, 5.74) is 2.62. The van der Waals surface area contributed by atoms with Crippen molar-refractivity contribution >= 4 is 0 Å². The van der Waals surface area contributed by atoms with E-state index in [1.165, 1.54) is 50.2 Å². The van der Waals surface area contributed by atoms with Crippen molar-refractivity contribution in [3.63, 3.8) is 0 Å². The molecule has 0 aliphatic carbocycles. The summed E-state index contributed by atoms with van der Waals surface area (Å²) in [6.07, 6.45) is 5.80. The predicted molar refractivity (Wildman–Crippen MR) is 92.0 cm³/mol. The molecular formula is C20H26N2. The molecule has 1 fully saturated rings. The number of aromatic nitrogens is 1. The summed E-state index contributed by atoms with van der Waals surface area (Å²) in [4.78, 5) is 7.30. The van der Waals surface area contributed by atoms with Gasteiger partial charge in [0.1, 0.15) is 0 Å². The third kappa shape index (κ3) is 3.56. The smallest absolute Gasteiger partial charge is 0.0481 e. The van der Waals surface area contributed by atoms with Crippen molar-refractivity contribution in [1.29, 1.82) is 0 Å². The quantitative estimate of drug-likeness (QED) is 0.788.